The number of hydrogen-bond donors (Lipinski definition) is 1. The van der Waals surface area contributed by atoms with E-state index in [2.05, 4.69) is 5.10 Å². The first-order valence-electron chi connectivity index (χ1n) is 8.15. The summed E-state index contributed by atoms with van der Waals surface area (Å²) in [5.41, 5.74) is 0.602. The van der Waals surface area contributed by atoms with Crippen LogP contribution in [0.2, 0.25) is 0 Å². The predicted octanol–water partition coefficient (Wildman–Crippen LogP) is 2.32. The Labute approximate surface area is 130 Å². The SMILES string of the molecule is CC1CCC(C(=O)O)CN1C(=O)c1ccnn1C1CCCC1. The Morgan fingerprint density at radius 2 is 1.95 bits per heavy atom. The molecule has 120 valence electrons. The number of likely N-dealkylation sites (tertiary alicyclic amines) is 1. The summed E-state index contributed by atoms with van der Waals surface area (Å²) in [6.45, 7) is 2.29. The van der Waals surface area contributed by atoms with E-state index in [1.165, 1.54) is 12.8 Å². The van der Waals surface area contributed by atoms with Gasteiger partial charge in [-0.3, -0.25) is 14.3 Å². The van der Waals surface area contributed by atoms with Gasteiger partial charge in [-0.2, -0.15) is 5.10 Å². The zero-order chi connectivity index (χ0) is 15.7. The highest BCUT2D eigenvalue weighted by Crippen LogP contribution is 2.31. The molecule has 1 aromatic rings. The third-order valence-electron chi connectivity index (χ3n) is 5.05. The maximum Gasteiger partial charge on any atom is 0.308 e. The van der Waals surface area contributed by atoms with Gasteiger partial charge >= 0.3 is 5.97 Å². The van der Waals surface area contributed by atoms with E-state index in [0.717, 1.165) is 19.3 Å². The number of carboxylic acid groups (broad SMARTS) is 1. The Balaban J connectivity index is 1.80. The van der Waals surface area contributed by atoms with Crippen LogP contribution in [0.1, 0.15) is 62.0 Å². The summed E-state index contributed by atoms with van der Waals surface area (Å²) < 4.78 is 1.85. The number of aromatic nitrogens is 2. The van der Waals surface area contributed by atoms with E-state index in [0.29, 0.717) is 24.7 Å². The highest BCUT2D eigenvalue weighted by atomic mass is 16.4. The second-order valence-electron chi connectivity index (χ2n) is 6.52. The van der Waals surface area contributed by atoms with Crippen molar-refractivity contribution in [3.63, 3.8) is 0 Å². The van der Waals surface area contributed by atoms with Crippen LogP contribution >= 0.6 is 0 Å². The predicted molar refractivity (Wildman–Crippen MR) is 80.6 cm³/mol. The fourth-order valence-electron chi connectivity index (χ4n) is 3.66. The molecule has 2 atom stereocenters. The molecule has 0 spiro atoms. The number of carbonyl (C=O) groups excluding carboxylic acids is 1. The van der Waals surface area contributed by atoms with Crippen molar-refractivity contribution in [3.8, 4) is 0 Å². The van der Waals surface area contributed by atoms with Gasteiger partial charge in [0.15, 0.2) is 0 Å². The monoisotopic (exact) mass is 305 g/mol. The fourth-order valence-corrected chi connectivity index (χ4v) is 3.66. The Morgan fingerprint density at radius 3 is 2.64 bits per heavy atom. The molecule has 1 aliphatic heterocycles. The third-order valence-corrected chi connectivity index (χ3v) is 5.05. The van der Waals surface area contributed by atoms with Crippen molar-refractivity contribution < 1.29 is 14.7 Å². The van der Waals surface area contributed by atoms with Crippen LogP contribution in [0.4, 0.5) is 0 Å². The smallest absolute Gasteiger partial charge is 0.308 e. The molecule has 3 rings (SSSR count). The molecule has 2 unspecified atom stereocenters. The zero-order valence-electron chi connectivity index (χ0n) is 12.9. The minimum Gasteiger partial charge on any atom is -0.481 e. The number of nitrogens with zero attached hydrogens (tertiary/aromatic N) is 3. The third kappa shape index (κ3) is 2.74. The van der Waals surface area contributed by atoms with Crippen molar-refractivity contribution in [3.05, 3.63) is 18.0 Å². The lowest BCUT2D eigenvalue weighted by Gasteiger charge is -2.36. The normalized spacial score (nSPS) is 26.3. The molecule has 1 saturated heterocycles. The Kier molecular flexibility index (Phi) is 4.18. The van der Waals surface area contributed by atoms with Crippen LogP contribution in [0.5, 0.6) is 0 Å². The van der Waals surface area contributed by atoms with Gasteiger partial charge in [-0.1, -0.05) is 12.8 Å². The molecule has 6 heteroatoms. The largest absolute Gasteiger partial charge is 0.481 e. The molecule has 1 N–H and O–H groups in total. The Bertz CT molecular complexity index is 563. The zero-order valence-corrected chi connectivity index (χ0v) is 12.9. The van der Waals surface area contributed by atoms with E-state index in [1.54, 1.807) is 17.2 Å². The fraction of sp³-hybridized carbons (Fsp3) is 0.688. The minimum absolute atomic E-state index is 0.0787. The van der Waals surface area contributed by atoms with E-state index in [9.17, 15) is 14.7 Å². The van der Waals surface area contributed by atoms with Gasteiger partial charge in [-0.15, -0.1) is 0 Å². The van der Waals surface area contributed by atoms with Crippen molar-refractivity contribution in [2.75, 3.05) is 6.54 Å². The lowest BCUT2D eigenvalue weighted by atomic mass is 9.93. The first-order valence-corrected chi connectivity index (χ1v) is 8.15. The number of piperidine rings is 1. The number of aliphatic carboxylic acids is 1. The molecule has 2 fully saturated rings. The number of hydrogen-bond acceptors (Lipinski definition) is 3. The van der Waals surface area contributed by atoms with Crippen LogP contribution < -0.4 is 0 Å². The molecular weight excluding hydrogens is 282 g/mol. The van der Waals surface area contributed by atoms with Crippen molar-refractivity contribution >= 4 is 11.9 Å². The molecule has 0 bridgehead atoms. The van der Waals surface area contributed by atoms with Crippen LogP contribution in [-0.2, 0) is 4.79 Å². The molecule has 6 nitrogen and oxygen atoms in total. The van der Waals surface area contributed by atoms with Crippen LogP contribution in [-0.4, -0.2) is 44.3 Å². The first-order chi connectivity index (χ1) is 10.6. The quantitative estimate of drug-likeness (QED) is 0.930. The molecular formula is C16H23N3O3. The summed E-state index contributed by atoms with van der Waals surface area (Å²) >= 11 is 0. The number of amides is 1. The molecule has 0 radical (unpaired) electrons. The second kappa shape index (κ2) is 6.10. The summed E-state index contributed by atoms with van der Waals surface area (Å²) in [6, 6.07) is 2.15. The van der Waals surface area contributed by atoms with Gasteiger partial charge < -0.3 is 10.0 Å². The van der Waals surface area contributed by atoms with Crippen molar-refractivity contribution in [2.45, 2.75) is 57.5 Å². The lowest BCUT2D eigenvalue weighted by molar-refractivity contribution is -0.143. The molecule has 1 aliphatic carbocycles. The molecule has 22 heavy (non-hydrogen) atoms. The average molecular weight is 305 g/mol. The van der Waals surface area contributed by atoms with Gasteiger partial charge in [0.2, 0.25) is 0 Å². The second-order valence-corrected chi connectivity index (χ2v) is 6.52. The molecule has 1 amide bonds. The van der Waals surface area contributed by atoms with Gasteiger partial charge in [0.05, 0.1) is 12.0 Å². The van der Waals surface area contributed by atoms with Gasteiger partial charge in [-0.25, -0.2) is 0 Å². The highest BCUT2D eigenvalue weighted by molar-refractivity contribution is 5.93. The first kappa shape index (κ1) is 15.1. The van der Waals surface area contributed by atoms with Gasteiger partial charge in [0, 0.05) is 18.8 Å². The van der Waals surface area contributed by atoms with Crippen LogP contribution in [0.25, 0.3) is 0 Å². The highest BCUT2D eigenvalue weighted by Gasteiger charge is 2.34. The molecule has 1 saturated carbocycles. The van der Waals surface area contributed by atoms with Crippen molar-refractivity contribution in [1.82, 2.24) is 14.7 Å². The Morgan fingerprint density at radius 1 is 1.23 bits per heavy atom. The van der Waals surface area contributed by atoms with Crippen molar-refractivity contribution in [2.24, 2.45) is 5.92 Å². The number of carbonyl (C=O) groups is 2. The van der Waals surface area contributed by atoms with E-state index >= 15 is 0 Å². The van der Waals surface area contributed by atoms with E-state index in [1.807, 2.05) is 11.6 Å². The van der Waals surface area contributed by atoms with Crippen LogP contribution in [0.3, 0.4) is 0 Å². The molecule has 1 aromatic heterocycles. The summed E-state index contributed by atoms with van der Waals surface area (Å²) in [5, 5.41) is 13.6. The van der Waals surface area contributed by atoms with Gasteiger partial charge in [-0.05, 0) is 38.7 Å². The standard InChI is InChI=1S/C16H23N3O3/c1-11-6-7-12(16(21)22)10-18(11)15(20)14-8-9-17-19(14)13-4-2-3-5-13/h8-9,11-13H,2-7,10H2,1H3,(H,21,22). The Hall–Kier alpha value is -1.85. The maximum atomic E-state index is 12.9. The van der Waals surface area contributed by atoms with E-state index < -0.39 is 11.9 Å². The average Bonchev–Trinajstić information content (AvgIpc) is 3.17. The van der Waals surface area contributed by atoms with Crippen molar-refractivity contribution in [1.29, 1.82) is 0 Å². The van der Waals surface area contributed by atoms with Gasteiger partial charge in [0.1, 0.15) is 5.69 Å². The van der Waals surface area contributed by atoms with E-state index in [4.69, 9.17) is 0 Å². The molecule has 0 aromatic carbocycles. The summed E-state index contributed by atoms with van der Waals surface area (Å²) in [5.74, 6) is -1.35. The maximum absolute atomic E-state index is 12.9. The number of rotatable bonds is 3. The number of carboxylic acids is 1. The van der Waals surface area contributed by atoms with E-state index in [-0.39, 0.29) is 11.9 Å². The summed E-state index contributed by atoms with van der Waals surface area (Å²) in [4.78, 5) is 25.8. The van der Waals surface area contributed by atoms with Crippen LogP contribution in [0.15, 0.2) is 12.3 Å². The molecule has 2 heterocycles. The summed E-state index contributed by atoms with van der Waals surface area (Å²) in [7, 11) is 0. The molecule has 2 aliphatic rings. The topological polar surface area (TPSA) is 75.4 Å². The summed E-state index contributed by atoms with van der Waals surface area (Å²) in [6.07, 6.45) is 7.54. The minimum atomic E-state index is -0.811. The lowest BCUT2D eigenvalue weighted by Crippen LogP contribution is -2.48. The van der Waals surface area contributed by atoms with Gasteiger partial charge in [0.25, 0.3) is 5.91 Å². The van der Waals surface area contributed by atoms with Crippen LogP contribution in [0, 0.1) is 5.92 Å².